The molecule has 2 atom stereocenters. The number of para-hydroxylation sites is 2. The monoisotopic (exact) mass is 442 g/mol. The smallest absolute Gasteiger partial charge is 0.261 e. The second-order valence-corrected chi connectivity index (χ2v) is 9.13. The zero-order chi connectivity index (χ0) is 22.8. The Labute approximate surface area is 195 Å². The van der Waals surface area contributed by atoms with Crippen molar-refractivity contribution in [1.82, 2.24) is 14.7 Å². The normalized spacial score (nSPS) is 21.8. The van der Waals surface area contributed by atoms with Crippen LogP contribution in [0.5, 0.6) is 0 Å². The number of piperazine rings is 1. The lowest BCUT2D eigenvalue weighted by Crippen LogP contribution is -2.61. The summed E-state index contributed by atoms with van der Waals surface area (Å²) in [6.45, 7) is 7.78. The maximum Gasteiger partial charge on any atom is 0.261 e. The molecule has 5 rings (SSSR count). The van der Waals surface area contributed by atoms with E-state index in [0.717, 1.165) is 49.7 Å². The Bertz CT molecular complexity index is 1110. The predicted molar refractivity (Wildman–Crippen MR) is 136 cm³/mol. The van der Waals surface area contributed by atoms with Gasteiger partial charge in [-0.3, -0.25) is 9.69 Å². The van der Waals surface area contributed by atoms with Gasteiger partial charge in [0.05, 0.1) is 6.04 Å². The van der Waals surface area contributed by atoms with Crippen LogP contribution >= 0.6 is 0 Å². The Hall–Kier alpha value is -3.35. The molecule has 0 bridgehead atoms. The third kappa shape index (κ3) is 4.08. The predicted octanol–water partition coefficient (Wildman–Crippen LogP) is 3.82. The van der Waals surface area contributed by atoms with Crippen molar-refractivity contribution < 1.29 is 4.79 Å². The summed E-state index contributed by atoms with van der Waals surface area (Å²) in [6.07, 6.45) is 0. The maximum atomic E-state index is 12.6. The lowest BCUT2D eigenvalue weighted by Gasteiger charge is -2.46. The first-order valence-electron chi connectivity index (χ1n) is 11.7. The highest BCUT2D eigenvalue weighted by molar-refractivity contribution is 6.01. The molecule has 6 nitrogen and oxygen atoms in total. The van der Waals surface area contributed by atoms with E-state index in [1.807, 2.05) is 36.4 Å². The average Bonchev–Trinajstić information content (AvgIpc) is 2.87. The van der Waals surface area contributed by atoms with E-state index >= 15 is 0 Å². The van der Waals surface area contributed by atoms with Gasteiger partial charge in [-0.15, -0.1) is 0 Å². The van der Waals surface area contributed by atoms with E-state index in [4.69, 9.17) is 5.73 Å². The van der Waals surface area contributed by atoms with Crippen molar-refractivity contribution in [2.24, 2.45) is 0 Å². The van der Waals surface area contributed by atoms with Crippen molar-refractivity contribution in [1.29, 1.82) is 0 Å². The van der Waals surface area contributed by atoms with Crippen molar-refractivity contribution in [3.8, 4) is 0 Å². The minimum absolute atomic E-state index is 0.0139. The fraction of sp³-hybridized carbons (Fsp3) is 0.296. The van der Waals surface area contributed by atoms with Crippen LogP contribution in [0, 0.1) is 0 Å². The van der Waals surface area contributed by atoms with Gasteiger partial charge in [0.1, 0.15) is 17.8 Å². The second kappa shape index (κ2) is 8.89. The highest BCUT2D eigenvalue weighted by atomic mass is 16.2. The number of rotatable bonds is 5. The molecule has 2 heterocycles. The molecule has 1 saturated heterocycles. The number of nitrogens with two attached hydrogens (primary N) is 1. The number of anilines is 2. The second-order valence-electron chi connectivity index (χ2n) is 9.13. The lowest BCUT2D eigenvalue weighted by atomic mass is 10.0. The van der Waals surface area contributed by atoms with Gasteiger partial charge < -0.3 is 16.0 Å². The molecular weight excluding hydrogens is 410 g/mol. The SMILES string of the molecule is CC(C[N+]1(c2ccccc2)CNC(=O)c2ccccc21)N1CCN(c2ccc(N)cc2)CC1. The van der Waals surface area contributed by atoms with Crippen molar-refractivity contribution in [3.63, 3.8) is 0 Å². The minimum Gasteiger partial charge on any atom is -0.399 e. The molecule has 0 aromatic heterocycles. The number of nitrogens with one attached hydrogen (secondary N) is 1. The van der Waals surface area contributed by atoms with Crippen LogP contribution in [0.15, 0.2) is 78.9 Å². The van der Waals surface area contributed by atoms with E-state index < -0.39 is 0 Å². The molecule has 0 aliphatic carbocycles. The molecule has 0 saturated carbocycles. The standard InChI is InChI=1S/C27H31N5O/c1-21(30-15-17-31(18-16-30)23-13-11-22(28)12-14-23)19-32(24-7-3-2-4-8-24)20-29-27(33)25-9-5-6-10-26(25)32/h2-14,21H,15-20,28H2,1H3/p+1. The van der Waals surface area contributed by atoms with E-state index in [1.54, 1.807) is 0 Å². The molecule has 3 aromatic rings. The molecule has 2 aliphatic heterocycles. The number of nitrogen functional groups attached to an aromatic ring is 1. The van der Waals surface area contributed by atoms with E-state index in [1.165, 1.54) is 11.4 Å². The van der Waals surface area contributed by atoms with Gasteiger partial charge in [0.2, 0.25) is 0 Å². The quantitative estimate of drug-likeness (QED) is 0.466. The van der Waals surface area contributed by atoms with Crippen molar-refractivity contribution in [3.05, 3.63) is 84.4 Å². The number of benzene rings is 3. The number of nitrogens with zero attached hydrogens (tertiary/aromatic N) is 3. The Kier molecular flexibility index (Phi) is 5.79. The van der Waals surface area contributed by atoms with Gasteiger partial charge in [-0.25, -0.2) is 4.48 Å². The fourth-order valence-corrected chi connectivity index (χ4v) is 5.31. The van der Waals surface area contributed by atoms with Gasteiger partial charge in [-0.05, 0) is 49.4 Å². The summed E-state index contributed by atoms with van der Waals surface area (Å²) in [5.74, 6) is 0.0139. The molecule has 2 unspecified atom stereocenters. The summed E-state index contributed by atoms with van der Waals surface area (Å²) in [4.78, 5) is 17.6. The van der Waals surface area contributed by atoms with Gasteiger partial charge in [0, 0.05) is 43.6 Å². The van der Waals surface area contributed by atoms with E-state index in [9.17, 15) is 4.79 Å². The zero-order valence-electron chi connectivity index (χ0n) is 19.2. The highest BCUT2D eigenvalue weighted by Gasteiger charge is 2.43. The first-order chi connectivity index (χ1) is 16.1. The van der Waals surface area contributed by atoms with Crippen LogP contribution < -0.4 is 20.4 Å². The summed E-state index contributed by atoms with van der Waals surface area (Å²) in [6, 6.07) is 27.1. The number of hydrogen-bond donors (Lipinski definition) is 2. The molecule has 3 N–H and O–H groups in total. The molecule has 2 aliphatic rings. The topological polar surface area (TPSA) is 61.6 Å². The Morgan fingerprint density at radius 1 is 0.909 bits per heavy atom. The molecule has 1 fully saturated rings. The molecule has 0 radical (unpaired) electrons. The van der Waals surface area contributed by atoms with Crippen LogP contribution in [0.2, 0.25) is 0 Å². The van der Waals surface area contributed by atoms with Crippen molar-refractivity contribution >= 4 is 28.7 Å². The molecule has 170 valence electrons. The molecule has 1 amide bonds. The van der Waals surface area contributed by atoms with Gasteiger partial charge in [-0.2, -0.15) is 0 Å². The van der Waals surface area contributed by atoms with E-state index in [2.05, 4.69) is 64.5 Å². The lowest BCUT2D eigenvalue weighted by molar-refractivity contribution is 0.0900. The average molecular weight is 443 g/mol. The van der Waals surface area contributed by atoms with Crippen LogP contribution in [-0.4, -0.2) is 56.2 Å². The summed E-state index contributed by atoms with van der Waals surface area (Å²) in [5, 5.41) is 3.17. The Morgan fingerprint density at radius 3 is 2.30 bits per heavy atom. The zero-order valence-corrected chi connectivity index (χ0v) is 19.2. The maximum absolute atomic E-state index is 12.6. The van der Waals surface area contributed by atoms with Crippen LogP contribution in [0.4, 0.5) is 22.7 Å². The van der Waals surface area contributed by atoms with Crippen molar-refractivity contribution in [2.75, 3.05) is 50.0 Å². The van der Waals surface area contributed by atoms with Crippen molar-refractivity contribution in [2.45, 2.75) is 13.0 Å². The number of quaternary nitrogens is 1. The summed E-state index contributed by atoms with van der Waals surface area (Å²) in [5.41, 5.74) is 10.9. The molecular formula is C27H32N5O+. The number of fused-ring (bicyclic) bond motifs is 1. The third-order valence-corrected chi connectivity index (χ3v) is 7.14. The third-order valence-electron chi connectivity index (χ3n) is 7.14. The summed E-state index contributed by atoms with van der Waals surface area (Å²) >= 11 is 0. The molecule has 6 heteroatoms. The minimum atomic E-state index is 0.0139. The summed E-state index contributed by atoms with van der Waals surface area (Å²) in [7, 11) is 0. The van der Waals surface area contributed by atoms with E-state index in [-0.39, 0.29) is 5.91 Å². The van der Waals surface area contributed by atoms with Crippen LogP contribution in [0.25, 0.3) is 0 Å². The number of hydrogen-bond acceptors (Lipinski definition) is 4. The van der Waals surface area contributed by atoms with Crippen LogP contribution in [-0.2, 0) is 0 Å². The highest BCUT2D eigenvalue weighted by Crippen LogP contribution is 2.39. The van der Waals surface area contributed by atoms with Gasteiger partial charge >= 0.3 is 0 Å². The molecule has 0 spiro atoms. The molecule has 3 aromatic carbocycles. The first kappa shape index (κ1) is 21.5. The van der Waals surface area contributed by atoms with E-state index in [0.29, 0.717) is 17.2 Å². The fourth-order valence-electron chi connectivity index (χ4n) is 5.31. The Morgan fingerprint density at radius 2 is 1.58 bits per heavy atom. The first-order valence-corrected chi connectivity index (χ1v) is 11.7. The van der Waals surface area contributed by atoms with Gasteiger partial charge in [0.25, 0.3) is 5.91 Å². The Balaban J connectivity index is 1.38. The largest absolute Gasteiger partial charge is 0.399 e. The number of carbonyl (C=O) groups excluding carboxylic acids is 1. The number of amides is 1. The van der Waals surface area contributed by atoms with Gasteiger partial charge in [0.15, 0.2) is 12.4 Å². The summed E-state index contributed by atoms with van der Waals surface area (Å²) < 4.78 is 0.627. The van der Waals surface area contributed by atoms with Gasteiger partial charge in [-0.1, -0.05) is 30.3 Å². The molecule has 33 heavy (non-hydrogen) atoms. The van der Waals surface area contributed by atoms with Crippen LogP contribution in [0.1, 0.15) is 17.3 Å². The van der Waals surface area contributed by atoms with Crippen LogP contribution in [0.3, 0.4) is 0 Å². The number of carbonyl (C=O) groups is 1.